The van der Waals surface area contributed by atoms with E-state index in [2.05, 4.69) is 58.6 Å². The Hall–Kier alpha value is -1.09. The fourth-order valence-corrected chi connectivity index (χ4v) is 3.33. The normalized spacial score (nSPS) is 14.7. The molecule has 19 heavy (non-hydrogen) atoms. The predicted octanol–water partition coefficient (Wildman–Crippen LogP) is 4.77. The Balaban J connectivity index is 2.02. The van der Waals surface area contributed by atoms with Gasteiger partial charge in [-0.25, -0.2) is 4.98 Å². The first-order chi connectivity index (χ1) is 9.16. The zero-order chi connectivity index (χ0) is 13.4. The lowest BCUT2D eigenvalue weighted by atomic mass is 9.99. The van der Waals surface area contributed by atoms with Crippen molar-refractivity contribution in [2.24, 2.45) is 0 Å². The van der Waals surface area contributed by atoms with Crippen LogP contribution in [0, 0.1) is 0 Å². The molecule has 1 aromatic carbocycles. The Morgan fingerprint density at radius 1 is 1.16 bits per heavy atom. The third-order valence-electron chi connectivity index (χ3n) is 3.92. The maximum absolute atomic E-state index is 4.72. The van der Waals surface area contributed by atoms with E-state index in [-0.39, 0.29) is 0 Å². The third-order valence-corrected chi connectivity index (χ3v) is 4.53. The average Bonchev–Trinajstić information content (AvgIpc) is 2.77. The van der Waals surface area contributed by atoms with Crippen LogP contribution in [0.25, 0.3) is 11.3 Å². The zero-order valence-electron chi connectivity index (χ0n) is 11.5. The molecule has 0 fully saturated rings. The highest BCUT2D eigenvalue weighted by molar-refractivity contribution is 9.10. The van der Waals surface area contributed by atoms with Crippen LogP contribution < -0.4 is 0 Å². The molecule has 3 rings (SSSR count). The van der Waals surface area contributed by atoms with Crippen LogP contribution in [-0.4, -0.2) is 9.55 Å². The van der Waals surface area contributed by atoms with Gasteiger partial charge in [0.25, 0.3) is 0 Å². The highest BCUT2D eigenvalue weighted by Crippen LogP contribution is 2.31. The van der Waals surface area contributed by atoms with Gasteiger partial charge < -0.3 is 4.57 Å². The van der Waals surface area contributed by atoms with Crippen molar-refractivity contribution in [3.63, 3.8) is 0 Å². The molecule has 0 aliphatic carbocycles. The number of rotatable bonds is 2. The molecule has 100 valence electrons. The summed E-state index contributed by atoms with van der Waals surface area (Å²) in [5.41, 5.74) is 5.16. The summed E-state index contributed by atoms with van der Waals surface area (Å²) in [6.07, 6.45) is 3.67. The van der Waals surface area contributed by atoms with Gasteiger partial charge in [-0.3, -0.25) is 0 Å². The first kappa shape index (κ1) is 12.9. The largest absolute Gasteiger partial charge is 0.322 e. The zero-order valence-corrected chi connectivity index (χ0v) is 13.1. The molecule has 2 heterocycles. The van der Waals surface area contributed by atoms with Crippen molar-refractivity contribution in [1.82, 2.24) is 9.55 Å². The van der Waals surface area contributed by atoms with Crippen molar-refractivity contribution in [3.05, 3.63) is 40.3 Å². The van der Waals surface area contributed by atoms with E-state index in [0.29, 0.717) is 5.92 Å². The van der Waals surface area contributed by atoms with Gasteiger partial charge in [0.2, 0.25) is 0 Å². The molecule has 0 bridgehead atoms. The van der Waals surface area contributed by atoms with Gasteiger partial charge in [0.15, 0.2) is 4.73 Å². The van der Waals surface area contributed by atoms with Gasteiger partial charge in [-0.15, -0.1) is 0 Å². The molecule has 0 spiro atoms. The summed E-state index contributed by atoms with van der Waals surface area (Å²) in [6.45, 7) is 5.54. The van der Waals surface area contributed by atoms with Crippen molar-refractivity contribution in [3.8, 4) is 11.3 Å². The molecule has 1 aromatic heterocycles. The molecular weight excluding hydrogens is 300 g/mol. The van der Waals surface area contributed by atoms with Crippen molar-refractivity contribution >= 4 is 15.9 Å². The van der Waals surface area contributed by atoms with Crippen molar-refractivity contribution in [1.29, 1.82) is 0 Å². The number of fused-ring (bicyclic) bond motifs is 1. The van der Waals surface area contributed by atoms with Gasteiger partial charge in [0.05, 0.1) is 5.69 Å². The smallest absolute Gasteiger partial charge is 0.177 e. The maximum Gasteiger partial charge on any atom is 0.177 e. The summed E-state index contributed by atoms with van der Waals surface area (Å²) in [5.74, 6) is 0.580. The van der Waals surface area contributed by atoms with Gasteiger partial charge in [-0.2, -0.15) is 0 Å². The van der Waals surface area contributed by atoms with Crippen LogP contribution in [0.2, 0.25) is 0 Å². The number of nitrogens with zero attached hydrogens (tertiary/aromatic N) is 2. The summed E-state index contributed by atoms with van der Waals surface area (Å²) >= 11 is 3.59. The summed E-state index contributed by atoms with van der Waals surface area (Å²) in [7, 11) is 0. The van der Waals surface area contributed by atoms with Gasteiger partial charge in [-0.1, -0.05) is 38.1 Å². The molecule has 1 aliphatic rings. The first-order valence-electron chi connectivity index (χ1n) is 7.02. The van der Waals surface area contributed by atoms with Crippen LogP contribution in [0.5, 0.6) is 0 Å². The fourth-order valence-electron chi connectivity index (χ4n) is 2.76. The van der Waals surface area contributed by atoms with Crippen molar-refractivity contribution in [2.45, 2.75) is 45.6 Å². The van der Waals surface area contributed by atoms with E-state index in [4.69, 9.17) is 4.98 Å². The standard InChI is InChI=1S/C16H19BrN2/c1-11(2)12-6-8-13(9-7-12)15-14-5-3-4-10-19(14)16(17)18-15/h6-9,11H,3-5,10H2,1-2H3. The Kier molecular flexibility index (Phi) is 3.48. The summed E-state index contributed by atoms with van der Waals surface area (Å²) in [6, 6.07) is 8.87. The molecule has 0 atom stereocenters. The Bertz CT molecular complexity index is 582. The van der Waals surface area contributed by atoms with Crippen LogP contribution in [-0.2, 0) is 13.0 Å². The second kappa shape index (κ2) is 5.12. The topological polar surface area (TPSA) is 17.8 Å². The highest BCUT2D eigenvalue weighted by Gasteiger charge is 2.19. The van der Waals surface area contributed by atoms with Crippen molar-refractivity contribution < 1.29 is 0 Å². The summed E-state index contributed by atoms with van der Waals surface area (Å²) in [5, 5.41) is 0. The Morgan fingerprint density at radius 3 is 2.58 bits per heavy atom. The van der Waals surface area contributed by atoms with Gasteiger partial charge in [0, 0.05) is 17.8 Å². The lowest BCUT2D eigenvalue weighted by Crippen LogP contribution is -2.10. The van der Waals surface area contributed by atoms with Gasteiger partial charge in [0.1, 0.15) is 0 Å². The predicted molar refractivity (Wildman–Crippen MR) is 82.4 cm³/mol. The second-order valence-electron chi connectivity index (χ2n) is 5.56. The molecule has 0 saturated carbocycles. The van der Waals surface area contributed by atoms with E-state index in [1.807, 2.05) is 0 Å². The number of hydrogen-bond acceptors (Lipinski definition) is 1. The monoisotopic (exact) mass is 318 g/mol. The Morgan fingerprint density at radius 2 is 1.89 bits per heavy atom. The number of halogens is 1. The molecule has 0 radical (unpaired) electrons. The fraction of sp³-hybridized carbons (Fsp3) is 0.438. The summed E-state index contributed by atoms with van der Waals surface area (Å²) in [4.78, 5) is 4.72. The first-order valence-corrected chi connectivity index (χ1v) is 7.81. The SMILES string of the molecule is CC(C)c1ccc(-c2nc(Br)n3c2CCCC3)cc1. The van der Waals surface area contributed by atoms with E-state index in [0.717, 1.165) is 23.4 Å². The van der Waals surface area contributed by atoms with Crippen LogP contribution in [0.4, 0.5) is 0 Å². The minimum absolute atomic E-state index is 0.580. The summed E-state index contributed by atoms with van der Waals surface area (Å²) < 4.78 is 3.29. The average molecular weight is 319 g/mol. The number of aromatic nitrogens is 2. The number of hydrogen-bond donors (Lipinski definition) is 0. The second-order valence-corrected chi connectivity index (χ2v) is 6.27. The highest BCUT2D eigenvalue weighted by atomic mass is 79.9. The van der Waals surface area contributed by atoms with Crippen molar-refractivity contribution in [2.75, 3.05) is 0 Å². The third kappa shape index (κ3) is 2.36. The minimum Gasteiger partial charge on any atom is -0.322 e. The number of benzene rings is 1. The number of imidazole rings is 1. The molecular formula is C16H19BrN2. The van der Waals surface area contributed by atoms with E-state index in [1.54, 1.807) is 0 Å². The quantitative estimate of drug-likeness (QED) is 0.779. The van der Waals surface area contributed by atoms with E-state index in [1.165, 1.54) is 29.7 Å². The van der Waals surface area contributed by atoms with E-state index >= 15 is 0 Å². The molecule has 2 nitrogen and oxygen atoms in total. The lowest BCUT2D eigenvalue weighted by molar-refractivity contribution is 0.525. The molecule has 0 N–H and O–H groups in total. The molecule has 1 aliphatic heterocycles. The van der Waals surface area contributed by atoms with E-state index in [9.17, 15) is 0 Å². The van der Waals surface area contributed by atoms with E-state index < -0.39 is 0 Å². The molecule has 0 amide bonds. The van der Waals surface area contributed by atoms with Gasteiger partial charge >= 0.3 is 0 Å². The maximum atomic E-state index is 4.72. The van der Waals surface area contributed by atoms with Crippen LogP contribution >= 0.6 is 15.9 Å². The van der Waals surface area contributed by atoms with Gasteiger partial charge in [-0.05, 0) is 46.7 Å². The molecule has 3 heteroatoms. The minimum atomic E-state index is 0.580. The van der Waals surface area contributed by atoms with Crippen LogP contribution in [0.3, 0.4) is 0 Å². The molecule has 2 aromatic rings. The van der Waals surface area contributed by atoms with Crippen LogP contribution in [0.1, 0.15) is 43.9 Å². The molecule has 0 unspecified atom stereocenters. The molecule has 0 saturated heterocycles. The Labute approximate surface area is 123 Å². The lowest BCUT2D eigenvalue weighted by Gasteiger charge is -2.16. The van der Waals surface area contributed by atoms with Crippen LogP contribution in [0.15, 0.2) is 29.0 Å².